The van der Waals surface area contributed by atoms with Crippen molar-refractivity contribution in [1.29, 1.82) is 0 Å². The van der Waals surface area contributed by atoms with Crippen molar-refractivity contribution in [1.82, 2.24) is 9.97 Å². The van der Waals surface area contributed by atoms with Gasteiger partial charge in [0.1, 0.15) is 5.69 Å². The van der Waals surface area contributed by atoms with Gasteiger partial charge in [-0.15, -0.1) is 0 Å². The van der Waals surface area contributed by atoms with Crippen molar-refractivity contribution in [2.45, 2.75) is 6.92 Å². The average Bonchev–Trinajstić information content (AvgIpc) is 2.52. The minimum Gasteiger partial charge on any atom is -0.347 e. The van der Waals surface area contributed by atoms with Crippen LogP contribution in [0.5, 0.6) is 0 Å². The number of ketones is 1. The Morgan fingerprint density at radius 3 is 2.50 bits per heavy atom. The number of hydrogen-bond acceptors (Lipinski definition) is 4. The summed E-state index contributed by atoms with van der Waals surface area (Å²) >= 11 is 0. The molecule has 1 heterocycles. The van der Waals surface area contributed by atoms with Gasteiger partial charge in [0.15, 0.2) is 5.78 Å². The van der Waals surface area contributed by atoms with E-state index in [0.717, 1.165) is 5.69 Å². The molecular weight excluding hydrogens is 202 g/mol. The Hall–Kier alpha value is -1.97. The maximum atomic E-state index is 11.5. The number of aromatic nitrogens is 2. The van der Waals surface area contributed by atoms with E-state index in [1.807, 2.05) is 37.2 Å². The number of anilines is 1. The molecule has 4 heteroatoms. The smallest absolute Gasteiger partial charge is 0.226 e. The third kappa shape index (κ3) is 1.74. The van der Waals surface area contributed by atoms with Crippen LogP contribution in [0.1, 0.15) is 17.3 Å². The summed E-state index contributed by atoms with van der Waals surface area (Å²) in [5.41, 5.74) is 2.03. The van der Waals surface area contributed by atoms with Crippen LogP contribution in [-0.4, -0.2) is 29.8 Å². The van der Waals surface area contributed by atoms with Crippen molar-refractivity contribution in [2.24, 2.45) is 0 Å². The number of imidazole rings is 1. The summed E-state index contributed by atoms with van der Waals surface area (Å²) in [6.45, 7) is 1.54. The number of fused-ring (bicyclic) bond motifs is 1. The first-order chi connectivity index (χ1) is 7.59. The first-order valence-corrected chi connectivity index (χ1v) is 5.04. The van der Waals surface area contributed by atoms with Crippen LogP contribution in [0.25, 0.3) is 11.4 Å². The minimum atomic E-state index is 0.00593. The Balaban J connectivity index is 2.69. The van der Waals surface area contributed by atoms with E-state index < -0.39 is 0 Å². The Labute approximate surface area is 94.3 Å². The number of carbonyl (C=O) groups is 1. The van der Waals surface area contributed by atoms with Crippen LogP contribution < -0.4 is 4.90 Å². The number of nitrogens with zero attached hydrogens (tertiary/aromatic N) is 3. The molecule has 0 saturated heterocycles. The van der Waals surface area contributed by atoms with Gasteiger partial charge in [0.25, 0.3) is 0 Å². The van der Waals surface area contributed by atoms with E-state index in [0.29, 0.717) is 17.2 Å². The lowest BCUT2D eigenvalue weighted by molar-refractivity contribution is 0.101. The summed E-state index contributed by atoms with van der Waals surface area (Å²) in [6.07, 6.45) is 0. The second-order valence-corrected chi connectivity index (χ2v) is 3.84. The maximum absolute atomic E-state index is 11.5. The van der Waals surface area contributed by atoms with Crippen LogP contribution in [-0.2, 0) is 0 Å². The topological polar surface area (TPSA) is 46.1 Å². The molecule has 82 valence electrons. The quantitative estimate of drug-likeness (QED) is 0.717. The van der Waals surface area contributed by atoms with Gasteiger partial charge >= 0.3 is 0 Å². The van der Waals surface area contributed by atoms with E-state index >= 15 is 0 Å². The molecule has 2 aliphatic rings. The van der Waals surface area contributed by atoms with Crippen molar-refractivity contribution in [3.63, 3.8) is 0 Å². The van der Waals surface area contributed by atoms with E-state index in [2.05, 4.69) is 9.97 Å². The normalized spacial score (nSPS) is 10.4. The van der Waals surface area contributed by atoms with E-state index in [-0.39, 0.29) is 5.78 Å². The molecule has 0 saturated carbocycles. The lowest BCUT2D eigenvalue weighted by atomic mass is 10.1. The van der Waals surface area contributed by atoms with Crippen molar-refractivity contribution in [3.05, 3.63) is 29.8 Å². The fraction of sp³-hybridized carbons (Fsp3) is 0.250. The van der Waals surface area contributed by atoms with Crippen molar-refractivity contribution < 1.29 is 4.79 Å². The third-order valence-corrected chi connectivity index (χ3v) is 2.34. The molecule has 0 N–H and O–H groups in total. The zero-order chi connectivity index (χ0) is 11.7. The monoisotopic (exact) mass is 215 g/mol. The molecule has 0 unspecified atom stereocenters. The van der Waals surface area contributed by atoms with Gasteiger partial charge in [-0.1, -0.05) is 12.1 Å². The van der Waals surface area contributed by atoms with Gasteiger partial charge in [-0.2, -0.15) is 0 Å². The highest BCUT2D eigenvalue weighted by molar-refractivity contribution is 5.99. The molecule has 1 aliphatic carbocycles. The predicted molar refractivity (Wildman–Crippen MR) is 63.0 cm³/mol. The SMILES string of the molecule is CC(=O)c1ccccc2nc(N(C)C)nc1-2. The molecule has 0 spiro atoms. The molecule has 0 aromatic rings. The highest BCUT2D eigenvalue weighted by atomic mass is 16.1. The number of Topliss-reactive ketones (excluding diaryl/α,β-unsaturated/α-hetero) is 1. The maximum Gasteiger partial charge on any atom is 0.226 e. The fourth-order valence-corrected chi connectivity index (χ4v) is 1.52. The first-order valence-electron chi connectivity index (χ1n) is 5.04. The predicted octanol–water partition coefficient (Wildman–Crippen LogP) is 1.85. The van der Waals surface area contributed by atoms with Crippen LogP contribution in [0.15, 0.2) is 24.3 Å². The van der Waals surface area contributed by atoms with Gasteiger partial charge in [0, 0.05) is 19.7 Å². The number of hydrogen-bond donors (Lipinski definition) is 0. The zero-order valence-electron chi connectivity index (χ0n) is 9.56. The fourth-order valence-electron chi connectivity index (χ4n) is 1.52. The van der Waals surface area contributed by atoms with Crippen molar-refractivity contribution >= 4 is 11.7 Å². The van der Waals surface area contributed by atoms with E-state index in [4.69, 9.17) is 0 Å². The summed E-state index contributed by atoms with van der Waals surface area (Å²) in [7, 11) is 3.75. The highest BCUT2D eigenvalue weighted by Crippen LogP contribution is 2.25. The Morgan fingerprint density at radius 2 is 1.88 bits per heavy atom. The standard InChI is InChI=1S/C12H13N3O/c1-8(16)9-6-4-5-7-10-11(9)14-12(13-10)15(2)3/h4-7H,1-3H3. The van der Waals surface area contributed by atoms with Gasteiger partial charge in [-0.05, 0) is 19.1 Å². The van der Waals surface area contributed by atoms with E-state index in [9.17, 15) is 4.79 Å². The largest absolute Gasteiger partial charge is 0.347 e. The van der Waals surface area contributed by atoms with E-state index in [1.54, 1.807) is 13.0 Å². The Bertz CT molecular complexity index is 508. The zero-order valence-corrected chi connectivity index (χ0v) is 9.56. The molecule has 0 fully saturated rings. The van der Waals surface area contributed by atoms with Crippen molar-refractivity contribution in [3.8, 4) is 11.4 Å². The lowest BCUT2D eigenvalue weighted by Crippen LogP contribution is -2.09. The minimum absolute atomic E-state index is 0.00593. The van der Waals surface area contributed by atoms with Crippen LogP contribution in [0.4, 0.5) is 5.95 Å². The molecule has 1 aliphatic heterocycles. The van der Waals surface area contributed by atoms with Gasteiger partial charge < -0.3 is 4.90 Å². The molecule has 0 radical (unpaired) electrons. The molecule has 16 heavy (non-hydrogen) atoms. The second kappa shape index (κ2) is 3.89. The molecule has 2 rings (SSSR count). The van der Waals surface area contributed by atoms with Crippen LogP contribution in [0.3, 0.4) is 0 Å². The molecule has 4 nitrogen and oxygen atoms in total. The molecule has 0 amide bonds. The molecule has 0 aromatic heterocycles. The van der Waals surface area contributed by atoms with Gasteiger partial charge in [-0.3, -0.25) is 4.79 Å². The molecular formula is C12H13N3O. The number of carbonyl (C=O) groups excluding carboxylic acids is 1. The summed E-state index contributed by atoms with van der Waals surface area (Å²) < 4.78 is 0. The Morgan fingerprint density at radius 1 is 1.19 bits per heavy atom. The molecule has 0 atom stereocenters. The molecule has 0 aromatic carbocycles. The summed E-state index contributed by atoms with van der Waals surface area (Å²) in [5.74, 6) is 0.634. The third-order valence-electron chi connectivity index (χ3n) is 2.34. The van der Waals surface area contributed by atoms with Gasteiger partial charge in [-0.25, -0.2) is 9.97 Å². The lowest BCUT2D eigenvalue weighted by Gasteiger charge is -2.04. The summed E-state index contributed by atoms with van der Waals surface area (Å²) in [5, 5.41) is 0. The Kier molecular flexibility index (Phi) is 2.56. The highest BCUT2D eigenvalue weighted by Gasteiger charge is 2.16. The molecule has 0 bridgehead atoms. The number of rotatable bonds is 2. The summed E-state index contributed by atoms with van der Waals surface area (Å²) in [6, 6.07) is 7.33. The summed E-state index contributed by atoms with van der Waals surface area (Å²) in [4.78, 5) is 22.0. The average molecular weight is 215 g/mol. The van der Waals surface area contributed by atoms with Crippen LogP contribution >= 0.6 is 0 Å². The first kappa shape index (κ1) is 10.5. The van der Waals surface area contributed by atoms with Crippen molar-refractivity contribution in [2.75, 3.05) is 19.0 Å². The van der Waals surface area contributed by atoms with Crippen LogP contribution in [0.2, 0.25) is 0 Å². The van der Waals surface area contributed by atoms with Gasteiger partial charge in [0.2, 0.25) is 5.95 Å². The van der Waals surface area contributed by atoms with Gasteiger partial charge in [0.05, 0.1) is 5.69 Å². The van der Waals surface area contributed by atoms with Crippen LogP contribution in [0, 0.1) is 0 Å². The van der Waals surface area contributed by atoms with E-state index in [1.165, 1.54) is 0 Å². The second-order valence-electron chi connectivity index (χ2n) is 3.84.